The molecule has 8 heteroatoms. The zero-order valence-electron chi connectivity index (χ0n) is 12.2. The maximum absolute atomic E-state index is 12.5. The Morgan fingerprint density at radius 1 is 1.26 bits per heavy atom. The molecule has 0 spiro atoms. The first-order valence-electron chi connectivity index (χ1n) is 6.76. The lowest BCUT2D eigenvalue weighted by molar-refractivity contribution is 0.592. The van der Waals surface area contributed by atoms with Crippen LogP contribution in [0.3, 0.4) is 0 Å². The summed E-state index contributed by atoms with van der Waals surface area (Å²) < 4.78 is 24.4. The maximum atomic E-state index is 12.5. The van der Waals surface area contributed by atoms with Gasteiger partial charge in [0.05, 0.1) is 17.6 Å². The second-order valence-corrected chi connectivity index (χ2v) is 8.95. The summed E-state index contributed by atoms with van der Waals surface area (Å²) in [4.78, 5) is 17.6. The molecular formula is C15H13ClN2O3S2. The number of hydrogen-bond acceptors (Lipinski definition) is 5. The van der Waals surface area contributed by atoms with Gasteiger partial charge in [-0.15, -0.1) is 11.3 Å². The van der Waals surface area contributed by atoms with Gasteiger partial charge in [-0.05, 0) is 23.8 Å². The van der Waals surface area contributed by atoms with Crippen molar-refractivity contribution in [2.24, 2.45) is 0 Å². The van der Waals surface area contributed by atoms with Gasteiger partial charge in [0.25, 0.3) is 5.56 Å². The topological polar surface area (TPSA) is 69.0 Å². The van der Waals surface area contributed by atoms with E-state index in [0.717, 1.165) is 16.7 Å². The molecule has 0 aliphatic heterocycles. The molecule has 1 aromatic carbocycles. The predicted molar refractivity (Wildman–Crippen MR) is 94.0 cm³/mol. The molecule has 3 rings (SSSR count). The van der Waals surface area contributed by atoms with E-state index in [-0.39, 0.29) is 17.9 Å². The molecule has 0 atom stereocenters. The highest BCUT2D eigenvalue weighted by Crippen LogP contribution is 2.31. The lowest BCUT2D eigenvalue weighted by Gasteiger charge is -2.03. The fourth-order valence-corrected chi connectivity index (χ4v) is 3.84. The van der Waals surface area contributed by atoms with Crippen LogP contribution in [-0.2, 0) is 16.4 Å². The number of aryl methyl sites for hydroxylation is 1. The summed E-state index contributed by atoms with van der Waals surface area (Å²) in [6, 6.07) is 9.20. The van der Waals surface area contributed by atoms with Gasteiger partial charge in [0.15, 0.2) is 0 Å². The monoisotopic (exact) mass is 368 g/mol. The maximum Gasteiger partial charge on any atom is 0.271 e. The van der Waals surface area contributed by atoms with Crippen LogP contribution in [0, 0.1) is 0 Å². The van der Waals surface area contributed by atoms with E-state index in [2.05, 4.69) is 4.98 Å². The van der Waals surface area contributed by atoms with E-state index in [1.54, 1.807) is 12.1 Å². The van der Waals surface area contributed by atoms with E-state index < -0.39 is 9.84 Å². The number of hydrogen-bond donors (Lipinski definition) is 0. The summed E-state index contributed by atoms with van der Waals surface area (Å²) >= 11 is 7.23. The van der Waals surface area contributed by atoms with E-state index in [4.69, 9.17) is 11.6 Å². The molecule has 0 N–H and O–H groups in total. The predicted octanol–water partition coefficient (Wildman–Crippen LogP) is 2.82. The number of rotatable bonds is 4. The fourth-order valence-electron chi connectivity index (χ4n) is 2.13. The van der Waals surface area contributed by atoms with Crippen molar-refractivity contribution >= 4 is 43.0 Å². The molecule has 0 radical (unpaired) electrons. The number of thiophene rings is 1. The van der Waals surface area contributed by atoms with Crippen LogP contribution >= 0.6 is 22.9 Å². The van der Waals surface area contributed by atoms with E-state index in [1.807, 2.05) is 18.2 Å². The van der Waals surface area contributed by atoms with Crippen molar-refractivity contribution in [2.75, 3.05) is 12.0 Å². The fraction of sp³-hybridized carbons (Fsp3) is 0.200. The summed E-state index contributed by atoms with van der Waals surface area (Å²) in [5.74, 6) is -0.0878. The number of benzene rings is 1. The van der Waals surface area contributed by atoms with Gasteiger partial charge >= 0.3 is 0 Å². The summed E-state index contributed by atoms with van der Waals surface area (Å²) in [5, 5.41) is 0.649. The molecule has 0 amide bonds. The number of halogens is 1. The van der Waals surface area contributed by atoms with E-state index in [9.17, 15) is 13.2 Å². The van der Waals surface area contributed by atoms with Crippen LogP contribution in [0.1, 0.15) is 0 Å². The summed E-state index contributed by atoms with van der Waals surface area (Å²) in [7, 11) is -3.13. The molecule has 0 saturated carbocycles. The van der Waals surface area contributed by atoms with E-state index in [1.165, 1.54) is 22.2 Å². The standard InChI is InChI=1S/C15H13ClN2O3S2/c1-23(20,21)7-6-18-9-17-12-8-13(22-14(12)15(18)19)10-2-4-11(16)5-3-10/h2-5,8-9H,6-7H2,1H3. The molecule has 0 bridgehead atoms. The smallest absolute Gasteiger partial charge is 0.271 e. The third-order valence-corrected chi connectivity index (χ3v) is 5.67. The van der Waals surface area contributed by atoms with Crippen LogP contribution in [-0.4, -0.2) is 30.0 Å². The zero-order valence-corrected chi connectivity index (χ0v) is 14.6. The summed E-state index contributed by atoms with van der Waals surface area (Å²) in [5.41, 5.74) is 1.35. The van der Waals surface area contributed by atoms with Crippen molar-refractivity contribution in [3.05, 3.63) is 52.0 Å². The number of sulfone groups is 1. The average molecular weight is 369 g/mol. The second-order valence-electron chi connectivity index (χ2n) is 5.20. The van der Waals surface area contributed by atoms with Crippen molar-refractivity contribution in [3.8, 4) is 10.4 Å². The first-order chi connectivity index (χ1) is 10.8. The minimum atomic E-state index is -3.13. The third-order valence-electron chi connectivity index (χ3n) is 3.34. The molecule has 23 heavy (non-hydrogen) atoms. The Hall–Kier alpha value is -1.70. The minimum Gasteiger partial charge on any atom is -0.297 e. The molecule has 0 unspecified atom stereocenters. The first-order valence-corrected chi connectivity index (χ1v) is 10.0. The van der Waals surface area contributed by atoms with Crippen LogP contribution < -0.4 is 5.56 Å². The molecule has 0 saturated heterocycles. The number of aromatic nitrogens is 2. The number of nitrogens with zero attached hydrogens (tertiary/aromatic N) is 2. The van der Waals surface area contributed by atoms with Crippen molar-refractivity contribution in [2.45, 2.75) is 6.54 Å². The van der Waals surface area contributed by atoms with Gasteiger partial charge in [0.1, 0.15) is 14.5 Å². The Morgan fingerprint density at radius 2 is 1.96 bits per heavy atom. The molecule has 5 nitrogen and oxygen atoms in total. The molecule has 0 fully saturated rings. The molecule has 0 aliphatic carbocycles. The van der Waals surface area contributed by atoms with E-state index >= 15 is 0 Å². The molecule has 2 heterocycles. The number of fused-ring (bicyclic) bond motifs is 1. The van der Waals surface area contributed by atoms with Gasteiger partial charge in [-0.2, -0.15) is 0 Å². The first kappa shape index (κ1) is 16.2. The molecular weight excluding hydrogens is 356 g/mol. The van der Waals surface area contributed by atoms with Gasteiger partial charge in [-0.25, -0.2) is 13.4 Å². The van der Waals surface area contributed by atoms with Crippen LogP contribution in [0.4, 0.5) is 0 Å². The van der Waals surface area contributed by atoms with Gasteiger partial charge < -0.3 is 0 Å². The Balaban J connectivity index is 2.01. The minimum absolute atomic E-state index is 0.0878. The Bertz CT molecular complexity index is 1020. The quantitative estimate of drug-likeness (QED) is 0.710. The highest BCUT2D eigenvalue weighted by Gasteiger charge is 2.11. The largest absolute Gasteiger partial charge is 0.297 e. The highest BCUT2D eigenvalue weighted by molar-refractivity contribution is 7.90. The molecule has 0 aliphatic rings. The van der Waals surface area contributed by atoms with E-state index in [0.29, 0.717) is 15.2 Å². The summed E-state index contributed by atoms with van der Waals surface area (Å²) in [6.07, 6.45) is 2.54. The highest BCUT2D eigenvalue weighted by atomic mass is 35.5. The second kappa shape index (κ2) is 6.07. The van der Waals surface area contributed by atoms with Crippen molar-refractivity contribution in [1.29, 1.82) is 0 Å². The average Bonchev–Trinajstić information content (AvgIpc) is 2.91. The van der Waals surface area contributed by atoms with Crippen LogP contribution in [0.5, 0.6) is 0 Å². The molecule has 2 aromatic heterocycles. The Labute approximate surface area is 142 Å². The van der Waals surface area contributed by atoms with Gasteiger partial charge in [0.2, 0.25) is 0 Å². The SMILES string of the molecule is CS(=O)(=O)CCn1cnc2cc(-c3ccc(Cl)cc3)sc2c1=O. The van der Waals surface area contributed by atoms with Gasteiger partial charge in [-0.3, -0.25) is 9.36 Å². The van der Waals surface area contributed by atoms with Crippen molar-refractivity contribution in [3.63, 3.8) is 0 Å². The lowest BCUT2D eigenvalue weighted by Crippen LogP contribution is -2.23. The van der Waals surface area contributed by atoms with Crippen LogP contribution in [0.15, 0.2) is 41.5 Å². The van der Waals surface area contributed by atoms with Gasteiger partial charge in [0, 0.05) is 22.7 Å². The molecule has 3 aromatic rings. The Kier molecular flexibility index (Phi) is 4.27. The third kappa shape index (κ3) is 3.63. The zero-order chi connectivity index (χ0) is 16.6. The van der Waals surface area contributed by atoms with Crippen LogP contribution in [0.2, 0.25) is 5.02 Å². The van der Waals surface area contributed by atoms with Crippen molar-refractivity contribution in [1.82, 2.24) is 9.55 Å². The lowest BCUT2D eigenvalue weighted by atomic mass is 10.2. The summed E-state index contributed by atoms with van der Waals surface area (Å²) in [6.45, 7) is 0.106. The van der Waals surface area contributed by atoms with Crippen molar-refractivity contribution < 1.29 is 8.42 Å². The Morgan fingerprint density at radius 3 is 2.61 bits per heavy atom. The molecule has 120 valence electrons. The normalized spacial score (nSPS) is 11.9. The van der Waals surface area contributed by atoms with Crippen LogP contribution in [0.25, 0.3) is 20.7 Å². The van der Waals surface area contributed by atoms with Gasteiger partial charge in [-0.1, -0.05) is 23.7 Å².